The van der Waals surface area contributed by atoms with E-state index in [2.05, 4.69) is 8.37 Å². The third-order valence-electron chi connectivity index (χ3n) is 7.73. The Morgan fingerprint density at radius 1 is 0.647 bits per heavy atom. The van der Waals surface area contributed by atoms with E-state index in [1.54, 1.807) is 0 Å². The highest BCUT2D eigenvalue weighted by Crippen LogP contribution is 2.34. The summed E-state index contributed by atoms with van der Waals surface area (Å²) in [6, 6.07) is 5.56. The third kappa shape index (κ3) is 10.4. The number of carboxylic acid groups (broad SMARTS) is 1. The van der Waals surface area contributed by atoms with Gasteiger partial charge >= 0.3 is 0 Å². The van der Waals surface area contributed by atoms with Gasteiger partial charge < -0.3 is 87.9 Å². The second kappa shape index (κ2) is 16.7. The first-order valence-corrected chi connectivity index (χ1v) is 17.1. The minimum Gasteiger partial charge on any atom is -0.726 e. The molecular formula is C25H33O24S2-3. The van der Waals surface area contributed by atoms with Crippen molar-refractivity contribution in [2.45, 2.75) is 92.1 Å². The summed E-state index contributed by atoms with van der Waals surface area (Å²) in [6.45, 7) is -2.49. The highest BCUT2D eigenvalue weighted by Gasteiger charge is 2.54. The van der Waals surface area contributed by atoms with E-state index in [-0.39, 0.29) is 5.75 Å². The number of hydrogen-bond donors (Lipinski definition) is 7. The summed E-state index contributed by atoms with van der Waals surface area (Å²) in [5, 5.41) is 86.1. The maximum Gasteiger partial charge on any atom is 0.229 e. The lowest BCUT2D eigenvalue weighted by molar-refractivity contribution is -0.383. The molecule has 0 saturated carbocycles. The maximum absolute atomic E-state index is 11.4. The second-order valence-electron chi connectivity index (χ2n) is 11.1. The van der Waals surface area contributed by atoms with E-state index in [0.717, 1.165) is 0 Å². The van der Waals surface area contributed by atoms with Crippen LogP contribution in [0.25, 0.3) is 0 Å². The SMILES string of the molecule is COc1ccc(O[C@@H]2O[C@H](COS(=O)(=O)[O-])[C@H](O)[C@H](O[C@@H]3O[C@H](COS(=O)(=O)[O-])[C@H](O)[C@H](O[C@@H]4O[C@H](C(=O)[O-])[C@@H](O)[C@H](O)[C@H]4O)[C@H]3O)[C@H]2O)cc1. The van der Waals surface area contributed by atoms with E-state index < -0.39 is 132 Å². The summed E-state index contributed by atoms with van der Waals surface area (Å²) >= 11 is 0. The van der Waals surface area contributed by atoms with Crippen molar-refractivity contribution in [3.63, 3.8) is 0 Å². The Balaban J connectivity index is 1.63. The molecule has 3 aliphatic rings. The number of carboxylic acids is 1. The number of aliphatic hydroxyl groups is 7. The van der Waals surface area contributed by atoms with Crippen molar-refractivity contribution in [1.82, 2.24) is 0 Å². The standard InChI is InChI=1S/C25H36O24S2/c1-41-8-2-4-9(5-3-8)44-24-17(31)19(12(26)10(45-24)6-42-50(35,36)37)48-25-18(32)20(13(27)11(46-25)7-43-51(38,39)40)47-23-16(30)14(28)15(29)21(49-23)22(33)34/h2-5,10-21,23-32H,6-7H2,1H3,(H,33,34)(H,35,36,37)(H,38,39,40)/p-3/t10-,11-,12+,13+,14+,15+,16-,17-,18-,19+,20+,21+,23-,24-,25+/m1/s1. The van der Waals surface area contributed by atoms with Crippen LogP contribution < -0.4 is 14.6 Å². The molecule has 0 amide bonds. The quantitative estimate of drug-likeness (QED) is 0.0680. The van der Waals surface area contributed by atoms with Crippen LogP contribution >= 0.6 is 0 Å². The first kappa shape index (κ1) is 41.3. The molecule has 24 nitrogen and oxygen atoms in total. The number of methoxy groups -OCH3 is 1. The third-order valence-corrected chi connectivity index (χ3v) is 8.58. The van der Waals surface area contributed by atoms with Crippen molar-refractivity contribution >= 4 is 26.8 Å². The van der Waals surface area contributed by atoms with Crippen LogP contribution in [0.5, 0.6) is 11.5 Å². The summed E-state index contributed by atoms with van der Waals surface area (Å²) in [7, 11) is -9.47. The lowest BCUT2D eigenvalue weighted by Crippen LogP contribution is -2.67. The van der Waals surface area contributed by atoms with E-state index in [1.807, 2.05) is 0 Å². The number of aliphatic hydroxyl groups excluding tert-OH is 7. The van der Waals surface area contributed by atoms with Gasteiger partial charge in [0.15, 0.2) is 12.6 Å². The molecule has 0 radical (unpaired) electrons. The number of rotatable bonds is 14. The molecule has 0 aromatic heterocycles. The predicted octanol–water partition coefficient (Wildman–Crippen LogP) is -7.75. The Kier molecular flexibility index (Phi) is 13.5. The fraction of sp³-hybridized carbons (Fsp3) is 0.720. The lowest BCUT2D eigenvalue weighted by atomic mass is 9.96. The monoisotopic (exact) mass is 781 g/mol. The van der Waals surface area contributed by atoms with E-state index in [9.17, 15) is 71.6 Å². The van der Waals surface area contributed by atoms with Crippen LogP contribution in [0.2, 0.25) is 0 Å². The van der Waals surface area contributed by atoms with Gasteiger partial charge in [0.2, 0.25) is 27.1 Å². The highest BCUT2D eigenvalue weighted by molar-refractivity contribution is 7.81. The number of carbonyl (C=O) groups is 1. The lowest BCUT2D eigenvalue weighted by Gasteiger charge is -2.48. The molecule has 0 unspecified atom stereocenters. The predicted molar refractivity (Wildman–Crippen MR) is 148 cm³/mol. The minimum atomic E-state index is -5.47. The average Bonchev–Trinajstić information content (AvgIpc) is 3.05. The van der Waals surface area contributed by atoms with E-state index in [0.29, 0.717) is 5.75 Å². The molecule has 0 aliphatic carbocycles. The van der Waals surface area contributed by atoms with Gasteiger partial charge in [0, 0.05) is 0 Å². The van der Waals surface area contributed by atoms with Gasteiger partial charge in [-0.1, -0.05) is 0 Å². The molecule has 3 heterocycles. The molecule has 15 atom stereocenters. The fourth-order valence-electron chi connectivity index (χ4n) is 5.17. The Bertz CT molecular complexity index is 1530. The molecule has 1 aromatic carbocycles. The summed E-state index contributed by atoms with van der Waals surface area (Å²) < 4.78 is 112. The molecule has 4 rings (SSSR count). The van der Waals surface area contributed by atoms with Gasteiger partial charge in [0.05, 0.1) is 26.3 Å². The van der Waals surface area contributed by atoms with Crippen LogP contribution in [0, 0.1) is 0 Å². The maximum atomic E-state index is 11.4. The van der Waals surface area contributed by atoms with Gasteiger partial charge in [-0.15, -0.1) is 0 Å². The average molecular weight is 782 g/mol. The molecule has 3 fully saturated rings. The topological polar surface area (TPSA) is 379 Å². The Hall–Kier alpha value is -2.45. The Morgan fingerprint density at radius 2 is 1.08 bits per heavy atom. The van der Waals surface area contributed by atoms with Crippen molar-refractivity contribution in [1.29, 1.82) is 0 Å². The van der Waals surface area contributed by atoms with Crippen molar-refractivity contribution < 1.29 is 113 Å². The van der Waals surface area contributed by atoms with Gasteiger partial charge in [-0.25, -0.2) is 16.8 Å². The van der Waals surface area contributed by atoms with Gasteiger partial charge in [0.1, 0.15) is 84.7 Å². The molecule has 3 aliphatic heterocycles. The zero-order valence-electron chi connectivity index (χ0n) is 25.8. The van der Waals surface area contributed by atoms with Gasteiger partial charge in [-0.3, -0.25) is 8.37 Å². The molecule has 7 N–H and O–H groups in total. The molecule has 3 saturated heterocycles. The van der Waals surface area contributed by atoms with E-state index in [4.69, 9.17) is 33.2 Å². The minimum absolute atomic E-state index is 0.000822. The summed E-state index contributed by atoms with van der Waals surface area (Å²) in [5.74, 6) is -1.70. The molecule has 0 bridgehead atoms. The Morgan fingerprint density at radius 3 is 1.53 bits per heavy atom. The highest BCUT2D eigenvalue weighted by atomic mass is 32.3. The Labute approximate surface area is 288 Å². The molecule has 0 spiro atoms. The van der Waals surface area contributed by atoms with Crippen LogP contribution in [0.4, 0.5) is 0 Å². The van der Waals surface area contributed by atoms with Gasteiger partial charge in [-0.2, -0.15) is 0 Å². The zero-order valence-corrected chi connectivity index (χ0v) is 27.4. The molecular weight excluding hydrogens is 748 g/mol. The first-order valence-electron chi connectivity index (χ1n) is 14.5. The van der Waals surface area contributed by atoms with Crippen LogP contribution in [-0.2, 0) is 57.6 Å². The van der Waals surface area contributed by atoms with Gasteiger partial charge in [0.25, 0.3) is 0 Å². The number of aliphatic carboxylic acids is 1. The van der Waals surface area contributed by atoms with Crippen LogP contribution in [-0.4, -0.2) is 180 Å². The number of ether oxygens (including phenoxy) is 7. The van der Waals surface area contributed by atoms with Crippen molar-refractivity contribution in [2.24, 2.45) is 0 Å². The van der Waals surface area contributed by atoms with Crippen LogP contribution in [0.15, 0.2) is 24.3 Å². The molecule has 292 valence electrons. The smallest absolute Gasteiger partial charge is 0.229 e. The molecule has 26 heteroatoms. The first-order chi connectivity index (χ1) is 23.7. The summed E-state index contributed by atoms with van der Waals surface area (Å²) in [4.78, 5) is 11.4. The van der Waals surface area contributed by atoms with Crippen molar-refractivity contribution in [2.75, 3.05) is 20.3 Å². The molecule has 51 heavy (non-hydrogen) atoms. The van der Waals surface area contributed by atoms with E-state index >= 15 is 0 Å². The largest absolute Gasteiger partial charge is 0.726 e. The van der Waals surface area contributed by atoms with Crippen LogP contribution in [0.1, 0.15) is 0 Å². The zero-order chi connectivity index (χ0) is 38.0. The van der Waals surface area contributed by atoms with Crippen molar-refractivity contribution in [3.05, 3.63) is 24.3 Å². The van der Waals surface area contributed by atoms with Crippen LogP contribution in [0.3, 0.4) is 0 Å². The summed E-state index contributed by atoms with van der Waals surface area (Å²) in [5.41, 5.74) is 0. The number of carbonyl (C=O) groups excluding carboxylic acids is 1. The number of benzene rings is 1. The van der Waals surface area contributed by atoms with Gasteiger partial charge in [-0.05, 0) is 24.3 Å². The molecule has 1 aromatic rings. The fourth-order valence-corrected chi connectivity index (χ4v) is 5.77. The second-order valence-corrected chi connectivity index (χ2v) is 13.2. The summed E-state index contributed by atoms with van der Waals surface area (Å²) in [6.07, 6.45) is -32.5. The number of hydrogen-bond acceptors (Lipinski definition) is 24. The van der Waals surface area contributed by atoms with E-state index in [1.165, 1.54) is 31.4 Å². The normalized spacial score (nSPS) is 39.3. The van der Waals surface area contributed by atoms with Crippen molar-refractivity contribution in [3.8, 4) is 11.5 Å².